The van der Waals surface area contributed by atoms with Gasteiger partial charge < -0.3 is 4.74 Å². The molecule has 1 fully saturated rings. The summed E-state index contributed by atoms with van der Waals surface area (Å²) in [6, 6.07) is 29.7. The van der Waals surface area contributed by atoms with Crippen molar-refractivity contribution in [3.8, 4) is 0 Å². The predicted octanol–water partition coefficient (Wildman–Crippen LogP) is 3.67. The number of hydrogen-bond acceptors (Lipinski definition) is 4. The summed E-state index contributed by atoms with van der Waals surface area (Å²) in [5.74, 6) is -0.815. The maximum absolute atomic E-state index is 13.7. The zero-order chi connectivity index (χ0) is 26.3. The monoisotopic (exact) mass is 532 g/mol. The van der Waals surface area contributed by atoms with Crippen LogP contribution < -0.4 is 15.9 Å². The van der Waals surface area contributed by atoms with Gasteiger partial charge in [0, 0.05) is 5.92 Å². The van der Waals surface area contributed by atoms with Gasteiger partial charge in [-0.1, -0.05) is 78.9 Å². The van der Waals surface area contributed by atoms with Gasteiger partial charge in [0.15, 0.2) is 6.04 Å². The fourth-order valence-corrected chi connectivity index (χ4v) is 13.4. The van der Waals surface area contributed by atoms with E-state index in [9.17, 15) is 13.2 Å². The molecule has 0 aromatic heterocycles. The van der Waals surface area contributed by atoms with E-state index in [1.165, 1.54) is 17.7 Å². The first-order valence-corrected chi connectivity index (χ1v) is 16.0. The molecule has 3 aromatic carbocycles. The highest BCUT2D eigenvalue weighted by Gasteiger charge is 2.71. The minimum atomic E-state index is -3.81. The second-order valence-electron chi connectivity index (χ2n) is 9.74. The van der Waals surface area contributed by atoms with Crippen molar-refractivity contribution < 1.29 is 17.9 Å². The molecule has 1 saturated heterocycles. The van der Waals surface area contributed by atoms with Crippen LogP contribution in [0.5, 0.6) is 0 Å². The average Bonchev–Trinajstić information content (AvgIpc) is 3.20. The number of benzene rings is 3. The summed E-state index contributed by atoms with van der Waals surface area (Å²) in [5, 5.41) is 3.27. The van der Waals surface area contributed by atoms with E-state index in [0.717, 1.165) is 15.9 Å². The molecule has 0 N–H and O–H groups in total. The summed E-state index contributed by atoms with van der Waals surface area (Å²) in [7, 11) is -5.13. The highest BCUT2D eigenvalue weighted by molar-refractivity contribution is 7.96. The first-order valence-electron chi connectivity index (χ1n) is 12.2. The van der Waals surface area contributed by atoms with Gasteiger partial charge in [-0.25, -0.2) is 8.42 Å². The Morgan fingerprint density at radius 3 is 1.70 bits per heavy atom. The molecule has 0 bridgehead atoms. The second kappa shape index (κ2) is 9.68. The van der Waals surface area contributed by atoms with Crippen LogP contribution in [0.2, 0.25) is 0 Å². The molecule has 1 heterocycles. The molecule has 4 atom stereocenters. The summed E-state index contributed by atoms with van der Waals surface area (Å²) in [5.41, 5.74) is -1.34. The van der Waals surface area contributed by atoms with Crippen molar-refractivity contribution in [2.75, 3.05) is 13.4 Å². The van der Waals surface area contributed by atoms with E-state index in [0.29, 0.717) is 0 Å². The molecule has 0 radical (unpaired) electrons. The van der Waals surface area contributed by atoms with Gasteiger partial charge in [0.05, 0.1) is 18.9 Å². The summed E-state index contributed by atoms with van der Waals surface area (Å²) in [4.78, 5) is 13.7. The number of sulfonamides is 1. The molecule has 5 rings (SSSR count). The number of carbonyl (C=O) groups is 1. The summed E-state index contributed by atoms with van der Waals surface area (Å²) >= 11 is 0. The van der Waals surface area contributed by atoms with Crippen molar-refractivity contribution in [3.05, 3.63) is 115 Å². The van der Waals surface area contributed by atoms with E-state index >= 15 is 0 Å². The van der Waals surface area contributed by atoms with Crippen molar-refractivity contribution in [3.63, 3.8) is 0 Å². The van der Waals surface area contributed by atoms with Crippen LogP contribution in [0.3, 0.4) is 0 Å². The number of ether oxygens (including phenoxy) is 1. The molecular formula is C30H31NO4PS+. The minimum absolute atomic E-state index is 0.273. The minimum Gasteiger partial charge on any atom is -0.468 e. The highest BCUT2D eigenvalue weighted by Crippen LogP contribution is 2.68. The normalized spacial score (nSPS) is 25.5. The molecule has 4 unspecified atom stereocenters. The lowest BCUT2D eigenvalue weighted by atomic mass is 9.83. The van der Waals surface area contributed by atoms with Crippen molar-refractivity contribution in [1.29, 1.82) is 0 Å². The first-order chi connectivity index (χ1) is 17.8. The van der Waals surface area contributed by atoms with Crippen molar-refractivity contribution in [1.82, 2.24) is 4.31 Å². The van der Waals surface area contributed by atoms with Crippen LogP contribution in [0, 0.1) is 5.92 Å². The van der Waals surface area contributed by atoms with Crippen LogP contribution >= 0.6 is 7.26 Å². The van der Waals surface area contributed by atoms with Crippen LogP contribution in [0.25, 0.3) is 0 Å². The number of esters is 1. The average molecular weight is 533 g/mol. The van der Waals surface area contributed by atoms with Crippen LogP contribution in [0.1, 0.15) is 6.92 Å². The molecule has 0 amide bonds. The van der Waals surface area contributed by atoms with Gasteiger partial charge in [-0.3, -0.25) is 4.79 Å². The largest absolute Gasteiger partial charge is 0.468 e. The van der Waals surface area contributed by atoms with Gasteiger partial charge in [-0.2, -0.15) is 4.31 Å². The van der Waals surface area contributed by atoms with Crippen molar-refractivity contribution in [2.45, 2.75) is 24.2 Å². The van der Waals surface area contributed by atoms with E-state index in [2.05, 4.69) is 42.5 Å². The molecule has 0 saturated carbocycles. The first kappa shape index (κ1) is 25.6. The van der Waals surface area contributed by atoms with Crippen LogP contribution in [0.4, 0.5) is 0 Å². The molecule has 5 nitrogen and oxygen atoms in total. The zero-order valence-electron chi connectivity index (χ0n) is 21.1. The molecule has 37 heavy (non-hydrogen) atoms. The molecule has 0 spiro atoms. The number of methoxy groups -OCH3 is 1. The molecule has 190 valence electrons. The van der Waals surface area contributed by atoms with E-state index in [-0.39, 0.29) is 5.92 Å². The fraction of sp³-hybridized carbons (Fsp3) is 0.233. The number of rotatable bonds is 6. The number of fused-ring (bicyclic) bond motifs is 1. The Labute approximate surface area is 219 Å². The summed E-state index contributed by atoms with van der Waals surface area (Å²) in [6.45, 7) is 1.92. The quantitative estimate of drug-likeness (QED) is 0.359. The Morgan fingerprint density at radius 1 is 0.838 bits per heavy atom. The lowest BCUT2D eigenvalue weighted by Gasteiger charge is -2.38. The Hall–Kier alpha value is -3.05. The summed E-state index contributed by atoms with van der Waals surface area (Å²) < 4.78 is 33.7. The van der Waals surface area contributed by atoms with Crippen LogP contribution in [-0.2, 0) is 19.6 Å². The molecule has 2 aliphatic rings. The Morgan fingerprint density at radius 2 is 1.30 bits per heavy atom. The van der Waals surface area contributed by atoms with Crippen LogP contribution in [0.15, 0.2) is 115 Å². The van der Waals surface area contributed by atoms with Gasteiger partial charge >= 0.3 is 5.97 Å². The van der Waals surface area contributed by atoms with Gasteiger partial charge in [-0.15, -0.1) is 0 Å². The van der Waals surface area contributed by atoms with Crippen LogP contribution in [-0.4, -0.2) is 49.3 Å². The van der Waals surface area contributed by atoms with E-state index in [4.69, 9.17) is 4.74 Å². The third-order valence-electron chi connectivity index (χ3n) is 7.69. The Kier molecular flexibility index (Phi) is 6.70. The number of carbonyl (C=O) groups excluding carboxylic acids is 1. The van der Waals surface area contributed by atoms with Crippen molar-refractivity contribution in [2.24, 2.45) is 5.92 Å². The number of hydrogen-bond donors (Lipinski definition) is 0. The molecule has 7 heteroatoms. The third-order valence-corrected chi connectivity index (χ3v) is 13.9. The highest BCUT2D eigenvalue weighted by atomic mass is 32.2. The second-order valence-corrected chi connectivity index (χ2v) is 15.2. The zero-order valence-corrected chi connectivity index (χ0v) is 22.8. The number of nitrogens with zero attached hydrogens (tertiary/aromatic N) is 1. The Balaban J connectivity index is 1.96. The van der Waals surface area contributed by atoms with E-state index in [1.54, 1.807) is 0 Å². The maximum Gasteiger partial charge on any atom is 0.328 e. The molecule has 1 aliphatic heterocycles. The molecule has 3 aromatic rings. The molecule has 1 aliphatic carbocycles. The van der Waals surface area contributed by atoms with Gasteiger partial charge in [0.2, 0.25) is 10.0 Å². The van der Waals surface area contributed by atoms with Crippen molar-refractivity contribution >= 4 is 39.2 Å². The van der Waals surface area contributed by atoms with Gasteiger partial charge in [0.1, 0.15) is 28.8 Å². The fourth-order valence-electron chi connectivity index (χ4n) is 6.38. The van der Waals surface area contributed by atoms with Gasteiger partial charge in [0.25, 0.3) is 0 Å². The Bertz CT molecular complexity index is 1340. The third kappa shape index (κ3) is 3.99. The predicted molar refractivity (Wildman–Crippen MR) is 152 cm³/mol. The maximum atomic E-state index is 13.7. The molecular weight excluding hydrogens is 501 g/mol. The lowest BCUT2D eigenvalue weighted by molar-refractivity contribution is -0.144. The lowest BCUT2D eigenvalue weighted by Crippen LogP contribution is -2.53. The SMILES string of the molecule is COC(=O)C1C([P+](c2ccccc2)(c2ccccc2)c2ccccc2)C2C=CC=CC2(C)N1S(C)(=O)=O. The van der Waals surface area contributed by atoms with Gasteiger partial charge in [-0.05, 0) is 43.3 Å². The number of allylic oxidation sites excluding steroid dienone is 2. The summed E-state index contributed by atoms with van der Waals surface area (Å²) in [6.07, 6.45) is 9.03. The van der Waals surface area contributed by atoms with E-state index in [1.807, 2.05) is 79.7 Å². The standard InChI is InChI=1S/C30H31NO4PS/c1-30-22-14-13-21-26(30)28(27(29(32)35-2)31(30)37(3,33)34)36(23-15-7-4-8-16-23,24-17-9-5-10-18-24)25-19-11-6-12-20-25/h4-22,26-28H,1-3H3/q+1. The van der Waals surface area contributed by atoms with E-state index < -0.39 is 40.5 Å². The topological polar surface area (TPSA) is 63.7 Å². The smallest absolute Gasteiger partial charge is 0.328 e.